The molecule has 0 atom stereocenters. The molecule has 0 radical (unpaired) electrons. The molecule has 0 bridgehead atoms. The quantitative estimate of drug-likeness (QED) is 0.619. The van der Waals surface area contributed by atoms with Gasteiger partial charge >= 0.3 is 0 Å². The van der Waals surface area contributed by atoms with Crippen LogP contribution in [0.5, 0.6) is 5.75 Å². The smallest absolute Gasteiger partial charge is 0.235 e. The molecule has 2 aliphatic rings. The van der Waals surface area contributed by atoms with E-state index in [2.05, 4.69) is 20.9 Å². The summed E-state index contributed by atoms with van der Waals surface area (Å²) in [6.45, 7) is 0.783. The minimum atomic E-state index is -0.465. The van der Waals surface area contributed by atoms with Gasteiger partial charge < -0.3 is 9.47 Å². The Balaban J connectivity index is 2.17. The number of aliphatic imine (C=N–C) groups is 1. The van der Waals surface area contributed by atoms with Crippen molar-refractivity contribution in [2.24, 2.45) is 4.99 Å². The Morgan fingerprint density at radius 1 is 1.32 bits per heavy atom. The normalized spacial score (nSPS) is 20.3. The highest BCUT2D eigenvalue weighted by atomic mass is 79.9. The SMILES string of the molecule is O=C=NC1(c2cc(Br)cc3c2OCOC3)CCCC1. The highest BCUT2D eigenvalue weighted by Gasteiger charge is 2.39. The van der Waals surface area contributed by atoms with Gasteiger partial charge in [0.2, 0.25) is 6.08 Å². The third-order valence-electron chi connectivity index (χ3n) is 3.87. The largest absolute Gasteiger partial charge is 0.467 e. The predicted octanol–water partition coefficient (Wildman–Crippen LogP) is 3.42. The summed E-state index contributed by atoms with van der Waals surface area (Å²) in [6.07, 6.45) is 5.63. The molecule has 100 valence electrons. The summed E-state index contributed by atoms with van der Waals surface area (Å²) in [7, 11) is 0. The van der Waals surface area contributed by atoms with Gasteiger partial charge in [0, 0.05) is 15.6 Å². The molecule has 1 aromatic carbocycles. The fraction of sp³-hybridized carbons (Fsp3) is 0.500. The van der Waals surface area contributed by atoms with E-state index in [9.17, 15) is 4.79 Å². The fourth-order valence-electron chi connectivity index (χ4n) is 3.01. The molecular weight excluding hydrogens is 310 g/mol. The van der Waals surface area contributed by atoms with Crippen molar-refractivity contribution in [2.75, 3.05) is 6.79 Å². The maximum Gasteiger partial charge on any atom is 0.235 e. The summed E-state index contributed by atoms with van der Waals surface area (Å²) in [6, 6.07) is 4.00. The van der Waals surface area contributed by atoms with Crippen LogP contribution in [0.3, 0.4) is 0 Å². The average molecular weight is 324 g/mol. The number of rotatable bonds is 2. The van der Waals surface area contributed by atoms with Crippen molar-refractivity contribution < 1.29 is 14.3 Å². The van der Waals surface area contributed by atoms with Crippen molar-refractivity contribution in [3.63, 3.8) is 0 Å². The van der Waals surface area contributed by atoms with Gasteiger partial charge in [0.1, 0.15) is 11.3 Å². The van der Waals surface area contributed by atoms with Crippen LogP contribution in [-0.4, -0.2) is 12.9 Å². The zero-order valence-corrected chi connectivity index (χ0v) is 12.0. The van der Waals surface area contributed by atoms with Gasteiger partial charge in [-0.1, -0.05) is 28.8 Å². The Morgan fingerprint density at radius 3 is 2.84 bits per heavy atom. The van der Waals surface area contributed by atoms with Gasteiger partial charge in [0.15, 0.2) is 6.79 Å². The Hall–Kier alpha value is -1.16. The van der Waals surface area contributed by atoms with E-state index >= 15 is 0 Å². The van der Waals surface area contributed by atoms with Crippen LogP contribution in [0.2, 0.25) is 0 Å². The van der Waals surface area contributed by atoms with E-state index < -0.39 is 5.54 Å². The first-order chi connectivity index (χ1) is 9.25. The molecular formula is C14H14BrNO3. The molecule has 1 aromatic rings. The highest BCUT2D eigenvalue weighted by Crippen LogP contribution is 2.48. The molecule has 1 heterocycles. The zero-order chi connectivity index (χ0) is 13.3. The van der Waals surface area contributed by atoms with E-state index in [1.807, 2.05) is 12.1 Å². The molecule has 1 aliphatic carbocycles. The van der Waals surface area contributed by atoms with Crippen LogP contribution in [0.1, 0.15) is 36.8 Å². The molecule has 0 aromatic heterocycles. The second-order valence-corrected chi connectivity index (χ2v) is 5.91. The first kappa shape index (κ1) is 12.9. The standard InChI is InChI=1S/C14H14BrNO3/c15-11-5-10-7-18-9-19-13(10)12(6-11)14(16-8-17)3-1-2-4-14/h5-6H,1-4,7,9H2. The Morgan fingerprint density at radius 2 is 2.11 bits per heavy atom. The lowest BCUT2D eigenvalue weighted by Gasteiger charge is -2.29. The molecule has 1 fully saturated rings. The van der Waals surface area contributed by atoms with Crippen molar-refractivity contribution in [1.29, 1.82) is 0 Å². The van der Waals surface area contributed by atoms with E-state index in [-0.39, 0.29) is 6.79 Å². The molecule has 0 saturated heterocycles. The minimum Gasteiger partial charge on any atom is -0.467 e. The van der Waals surface area contributed by atoms with Crippen LogP contribution >= 0.6 is 15.9 Å². The van der Waals surface area contributed by atoms with Gasteiger partial charge in [-0.05, 0) is 25.0 Å². The van der Waals surface area contributed by atoms with Gasteiger partial charge in [-0.15, -0.1) is 0 Å². The Labute approximate surface area is 119 Å². The Bertz CT molecular complexity index is 546. The maximum absolute atomic E-state index is 10.8. The fourth-order valence-corrected chi connectivity index (χ4v) is 3.52. The van der Waals surface area contributed by atoms with Crippen molar-refractivity contribution in [2.45, 2.75) is 37.8 Å². The van der Waals surface area contributed by atoms with Crippen LogP contribution in [-0.2, 0) is 21.7 Å². The van der Waals surface area contributed by atoms with Crippen molar-refractivity contribution in [1.82, 2.24) is 0 Å². The molecule has 0 unspecified atom stereocenters. The van der Waals surface area contributed by atoms with Crippen LogP contribution in [0, 0.1) is 0 Å². The molecule has 0 amide bonds. The number of hydrogen-bond donors (Lipinski definition) is 0. The van der Waals surface area contributed by atoms with Gasteiger partial charge in [-0.25, -0.2) is 4.79 Å². The van der Waals surface area contributed by atoms with Crippen molar-refractivity contribution in [3.05, 3.63) is 27.7 Å². The number of nitrogens with zero attached hydrogens (tertiary/aromatic N) is 1. The molecule has 0 N–H and O–H groups in total. The third kappa shape index (κ3) is 2.22. The van der Waals surface area contributed by atoms with Crippen LogP contribution in [0.4, 0.5) is 0 Å². The van der Waals surface area contributed by atoms with Gasteiger partial charge in [-0.3, -0.25) is 0 Å². The molecule has 1 aliphatic heterocycles. The first-order valence-corrected chi connectivity index (χ1v) is 7.17. The molecule has 0 spiro atoms. The van der Waals surface area contributed by atoms with E-state index in [0.717, 1.165) is 47.0 Å². The summed E-state index contributed by atoms with van der Waals surface area (Å²) in [4.78, 5) is 15.0. The predicted molar refractivity (Wildman–Crippen MR) is 72.7 cm³/mol. The summed E-state index contributed by atoms with van der Waals surface area (Å²) < 4.78 is 11.9. The molecule has 19 heavy (non-hydrogen) atoms. The highest BCUT2D eigenvalue weighted by molar-refractivity contribution is 9.10. The average Bonchev–Trinajstić information content (AvgIpc) is 2.88. The summed E-state index contributed by atoms with van der Waals surface area (Å²) >= 11 is 3.51. The number of fused-ring (bicyclic) bond motifs is 1. The Kier molecular flexibility index (Phi) is 3.44. The molecule has 3 rings (SSSR count). The lowest BCUT2D eigenvalue weighted by molar-refractivity contribution is -0.0178. The van der Waals surface area contributed by atoms with E-state index in [0.29, 0.717) is 6.61 Å². The van der Waals surface area contributed by atoms with Crippen LogP contribution in [0.25, 0.3) is 0 Å². The zero-order valence-electron chi connectivity index (χ0n) is 10.4. The van der Waals surface area contributed by atoms with Gasteiger partial charge in [0.25, 0.3) is 0 Å². The topological polar surface area (TPSA) is 47.9 Å². The second-order valence-electron chi connectivity index (χ2n) is 4.99. The second kappa shape index (κ2) is 5.08. The van der Waals surface area contributed by atoms with Crippen molar-refractivity contribution >= 4 is 22.0 Å². The lowest BCUT2D eigenvalue weighted by Crippen LogP contribution is -2.23. The first-order valence-electron chi connectivity index (χ1n) is 6.38. The van der Waals surface area contributed by atoms with E-state index in [1.165, 1.54) is 0 Å². The monoisotopic (exact) mass is 323 g/mol. The maximum atomic E-state index is 10.8. The number of ether oxygens (including phenoxy) is 2. The molecule has 1 saturated carbocycles. The van der Waals surface area contributed by atoms with E-state index in [4.69, 9.17) is 9.47 Å². The van der Waals surface area contributed by atoms with Crippen LogP contribution < -0.4 is 4.74 Å². The molecule has 4 nitrogen and oxygen atoms in total. The number of carbonyl (C=O) groups excluding carboxylic acids is 1. The third-order valence-corrected chi connectivity index (χ3v) is 4.32. The lowest BCUT2D eigenvalue weighted by atomic mass is 9.87. The van der Waals surface area contributed by atoms with Gasteiger partial charge in [0.05, 0.1) is 6.61 Å². The summed E-state index contributed by atoms with van der Waals surface area (Å²) in [5, 5.41) is 0. The number of isocyanates is 1. The minimum absolute atomic E-state index is 0.252. The number of hydrogen-bond acceptors (Lipinski definition) is 4. The molecule has 5 heteroatoms. The van der Waals surface area contributed by atoms with Crippen molar-refractivity contribution in [3.8, 4) is 5.75 Å². The van der Waals surface area contributed by atoms with Crippen LogP contribution in [0.15, 0.2) is 21.6 Å². The van der Waals surface area contributed by atoms with E-state index in [1.54, 1.807) is 6.08 Å². The van der Waals surface area contributed by atoms with Gasteiger partial charge in [-0.2, -0.15) is 4.99 Å². The number of halogens is 1. The number of benzene rings is 1. The summed E-state index contributed by atoms with van der Waals surface area (Å²) in [5.74, 6) is 0.829. The summed E-state index contributed by atoms with van der Waals surface area (Å²) in [5.41, 5.74) is 1.52.